The first-order valence-electron chi connectivity index (χ1n) is 15.0. The smallest absolute Gasteiger partial charge is 0.269 e. The van der Waals surface area contributed by atoms with E-state index in [9.17, 15) is 22.8 Å². The van der Waals surface area contributed by atoms with E-state index >= 15 is 0 Å². The van der Waals surface area contributed by atoms with Crippen molar-refractivity contribution >= 4 is 38.8 Å². The van der Waals surface area contributed by atoms with E-state index in [1.54, 1.807) is 17.7 Å². The standard InChI is InChI=1S/C33H35N5O6S/c1-22-10-3-4-11-23(22)17-18-37(29(39)21-38-33(41)25-13-5-8-16-28(25)45(38,42)43)30(32(40)34-20-24-12-9-19-44-24)31-35-26-14-6-7-15-27(26)36(31)2/h3-8,10-11,13-16,24,30H,9,12,17-21H2,1-2H3,(H,34,40)/t24-,30-/m0/s1. The van der Waals surface area contributed by atoms with Gasteiger partial charge in [-0.3, -0.25) is 14.4 Å². The molecule has 2 atom stereocenters. The number of nitrogens with zero attached hydrogens (tertiary/aromatic N) is 4. The van der Waals surface area contributed by atoms with Crippen LogP contribution in [-0.4, -0.2) is 77.2 Å². The Labute approximate surface area is 261 Å². The number of carbonyl (C=O) groups is 3. The number of carbonyl (C=O) groups excluding carboxylic acids is 3. The van der Waals surface area contributed by atoms with E-state index in [0.717, 1.165) is 29.5 Å². The molecule has 45 heavy (non-hydrogen) atoms. The van der Waals surface area contributed by atoms with Gasteiger partial charge in [0, 0.05) is 26.7 Å². The van der Waals surface area contributed by atoms with Crippen LogP contribution in [0, 0.1) is 6.92 Å². The molecule has 12 heteroatoms. The number of benzene rings is 3. The lowest BCUT2D eigenvalue weighted by molar-refractivity contribution is -0.141. The highest BCUT2D eigenvalue weighted by molar-refractivity contribution is 7.90. The Kier molecular flexibility index (Phi) is 8.43. The third kappa shape index (κ3) is 5.83. The lowest BCUT2D eigenvalue weighted by Gasteiger charge is -2.32. The molecule has 3 aromatic carbocycles. The zero-order valence-corrected chi connectivity index (χ0v) is 26.0. The lowest BCUT2D eigenvalue weighted by atomic mass is 10.0. The highest BCUT2D eigenvalue weighted by Crippen LogP contribution is 2.31. The molecule has 4 aromatic rings. The van der Waals surface area contributed by atoms with E-state index in [1.807, 2.05) is 55.5 Å². The van der Waals surface area contributed by atoms with Crippen LogP contribution in [-0.2, 0) is 37.8 Å². The van der Waals surface area contributed by atoms with Gasteiger partial charge in [0.2, 0.25) is 5.91 Å². The van der Waals surface area contributed by atoms with Crippen LogP contribution in [0.15, 0.2) is 77.7 Å². The average molecular weight is 630 g/mol. The van der Waals surface area contributed by atoms with E-state index in [1.165, 1.54) is 23.1 Å². The third-order valence-electron chi connectivity index (χ3n) is 8.55. The van der Waals surface area contributed by atoms with E-state index in [-0.39, 0.29) is 29.7 Å². The number of nitrogens with one attached hydrogen (secondary N) is 1. The number of aryl methyl sites for hydroxylation is 2. The predicted molar refractivity (Wildman–Crippen MR) is 167 cm³/mol. The van der Waals surface area contributed by atoms with Crippen LogP contribution in [0.2, 0.25) is 0 Å². The molecule has 1 fully saturated rings. The number of fused-ring (bicyclic) bond motifs is 2. The second kappa shape index (κ2) is 12.4. The fourth-order valence-corrected chi connectivity index (χ4v) is 7.57. The summed E-state index contributed by atoms with van der Waals surface area (Å²) in [6, 6.07) is 19.8. The number of imidazole rings is 1. The minimum Gasteiger partial charge on any atom is -0.376 e. The molecule has 0 bridgehead atoms. The SMILES string of the molecule is Cc1ccccc1CCN(C(=O)CN1C(=O)c2ccccc2S1(=O)=O)[C@H](C(=O)NC[C@@H]1CCCO1)c1nc2ccccc2n1C. The summed E-state index contributed by atoms with van der Waals surface area (Å²) in [7, 11) is -2.48. The van der Waals surface area contributed by atoms with Gasteiger partial charge in [0.05, 0.1) is 22.7 Å². The summed E-state index contributed by atoms with van der Waals surface area (Å²) in [5.41, 5.74) is 3.41. The summed E-state index contributed by atoms with van der Waals surface area (Å²) < 4.78 is 34.9. The first kappa shape index (κ1) is 30.5. The number of aromatic nitrogens is 2. The summed E-state index contributed by atoms with van der Waals surface area (Å²) in [5.74, 6) is -1.63. The molecule has 1 aromatic heterocycles. The van der Waals surface area contributed by atoms with Crippen LogP contribution in [0.1, 0.15) is 46.2 Å². The van der Waals surface area contributed by atoms with Crippen molar-refractivity contribution in [2.24, 2.45) is 7.05 Å². The molecule has 3 amide bonds. The van der Waals surface area contributed by atoms with E-state index in [2.05, 4.69) is 5.32 Å². The Balaban J connectivity index is 1.39. The maximum absolute atomic E-state index is 14.3. The van der Waals surface area contributed by atoms with Crippen molar-refractivity contribution in [1.29, 1.82) is 0 Å². The van der Waals surface area contributed by atoms with Crippen molar-refractivity contribution in [2.45, 2.75) is 43.2 Å². The van der Waals surface area contributed by atoms with Crippen LogP contribution in [0.3, 0.4) is 0 Å². The van der Waals surface area contributed by atoms with Crippen LogP contribution < -0.4 is 5.32 Å². The van der Waals surface area contributed by atoms with Gasteiger partial charge >= 0.3 is 0 Å². The molecule has 1 N–H and O–H groups in total. The van der Waals surface area contributed by atoms with Crippen LogP contribution in [0.4, 0.5) is 0 Å². The Hall–Kier alpha value is -4.55. The Morgan fingerprint density at radius 2 is 1.80 bits per heavy atom. The predicted octanol–water partition coefficient (Wildman–Crippen LogP) is 3.13. The first-order valence-corrected chi connectivity index (χ1v) is 16.4. The number of hydrogen-bond acceptors (Lipinski definition) is 7. The molecule has 6 rings (SSSR count). The summed E-state index contributed by atoms with van der Waals surface area (Å²) in [6.45, 7) is 2.15. The number of rotatable bonds is 10. The van der Waals surface area contributed by atoms with Gasteiger partial charge in [-0.15, -0.1) is 0 Å². The second-order valence-corrected chi connectivity index (χ2v) is 13.2. The molecular weight excluding hydrogens is 594 g/mol. The highest BCUT2D eigenvalue weighted by atomic mass is 32.2. The molecule has 0 saturated carbocycles. The quantitative estimate of drug-likeness (QED) is 0.285. The molecule has 234 valence electrons. The third-order valence-corrected chi connectivity index (χ3v) is 10.3. The van der Waals surface area contributed by atoms with Gasteiger partial charge in [0.1, 0.15) is 17.3 Å². The summed E-state index contributed by atoms with van der Waals surface area (Å²) >= 11 is 0. The summed E-state index contributed by atoms with van der Waals surface area (Å²) in [4.78, 5) is 47.7. The van der Waals surface area contributed by atoms with E-state index in [4.69, 9.17) is 9.72 Å². The average Bonchev–Trinajstić information content (AvgIpc) is 3.73. The zero-order valence-electron chi connectivity index (χ0n) is 25.2. The van der Waals surface area contributed by atoms with Crippen LogP contribution >= 0.6 is 0 Å². The molecule has 1 saturated heterocycles. The van der Waals surface area contributed by atoms with Gasteiger partial charge < -0.3 is 19.5 Å². The molecule has 2 aliphatic rings. The number of para-hydroxylation sites is 2. The van der Waals surface area contributed by atoms with Crippen molar-refractivity contribution in [1.82, 2.24) is 24.1 Å². The number of sulfonamides is 1. The Bertz CT molecular complexity index is 1880. The van der Waals surface area contributed by atoms with Crippen LogP contribution in [0.25, 0.3) is 11.0 Å². The summed E-state index contributed by atoms with van der Waals surface area (Å²) in [5, 5.41) is 2.96. The summed E-state index contributed by atoms with van der Waals surface area (Å²) in [6.07, 6.45) is 1.95. The van der Waals surface area contributed by atoms with E-state index < -0.39 is 40.3 Å². The van der Waals surface area contributed by atoms with Gasteiger partial charge in [-0.05, 0) is 61.6 Å². The lowest BCUT2D eigenvalue weighted by Crippen LogP contribution is -2.50. The van der Waals surface area contributed by atoms with Crippen molar-refractivity contribution in [3.8, 4) is 0 Å². The maximum Gasteiger partial charge on any atom is 0.269 e. The van der Waals surface area contributed by atoms with Crippen molar-refractivity contribution in [3.63, 3.8) is 0 Å². The Morgan fingerprint density at radius 1 is 1.07 bits per heavy atom. The van der Waals surface area contributed by atoms with Gasteiger partial charge in [0.15, 0.2) is 6.04 Å². The van der Waals surface area contributed by atoms with Crippen LogP contribution in [0.5, 0.6) is 0 Å². The number of ether oxygens (including phenoxy) is 1. The van der Waals surface area contributed by atoms with Crippen molar-refractivity contribution in [3.05, 3.63) is 95.3 Å². The second-order valence-electron chi connectivity index (χ2n) is 11.4. The fourth-order valence-electron chi connectivity index (χ4n) is 6.05. The fraction of sp³-hybridized carbons (Fsp3) is 0.333. The van der Waals surface area contributed by atoms with Gasteiger partial charge in [-0.1, -0.05) is 48.5 Å². The normalized spacial score (nSPS) is 17.8. The molecule has 0 unspecified atom stereocenters. The monoisotopic (exact) mass is 629 g/mol. The van der Waals surface area contributed by atoms with Crippen molar-refractivity contribution in [2.75, 3.05) is 26.2 Å². The highest BCUT2D eigenvalue weighted by Gasteiger charge is 2.44. The first-order chi connectivity index (χ1) is 21.7. The minimum absolute atomic E-state index is 0.0120. The maximum atomic E-state index is 14.3. The zero-order chi connectivity index (χ0) is 31.7. The molecule has 11 nitrogen and oxygen atoms in total. The topological polar surface area (TPSA) is 131 Å². The van der Waals surface area contributed by atoms with Gasteiger partial charge in [0.25, 0.3) is 21.8 Å². The largest absolute Gasteiger partial charge is 0.376 e. The molecule has 2 aliphatic heterocycles. The number of amides is 3. The van der Waals surface area contributed by atoms with Gasteiger partial charge in [-0.2, -0.15) is 0 Å². The molecule has 0 radical (unpaired) electrons. The number of hydrogen-bond donors (Lipinski definition) is 1. The molecule has 0 spiro atoms. The molecule has 0 aliphatic carbocycles. The van der Waals surface area contributed by atoms with Gasteiger partial charge in [-0.25, -0.2) is 17.7 Å². The van der Waals surface area contributed by atoms with Crippen molar-refractivity contribution < 1.29 is 27.5 Å². The van der Waals surface area contributed by atoms with E-state index in [0.29, 0.717) is 28.7 Å². The molecular formula is C33H35N5O6S. The minimum atomic E-state index is -4.26. The Morgan fingerprint density at radius 3 is 2.53 bits per heavy atom. The molecule has 3 heterocycles.